The fourth-order valence-corrected chi connectivity index (χ4v) is 4.96. The number of anilines is 2. The van der Waals surface area contributed by atoms with Crippen molar-refractivity contribution >= 4 is 27.8 Å². The van der Waals surface area contributed by atoms with Crippen molar-refractivity contribution in [3.8, 4) is 11.5 Å². The van der Waals surface area contributed by atoms with E-state index in [2.05, 4.69) is 34.4 Å². The van der Waals surface area contributed by atoms with Gasteiger partial charge in [0.25, 0.3) is 0 Å². The molecule has 2 aromatic heterocycles. The van der Waals surface area contributed by atoms with Gasteiger partial charge in [-0.15, -0.1) is 0 Å². The van der Waals surface area contributed by atoms with Crippen LogP contribution in [0.25, 0.3) is 11.5 Å². The van der Waals surface area contributed by atoms with Crippen molar-refractivity contribution in [2.75, 3.05) is 22.9 Å². The van der Waals surface area contributed by atoms with Gasteiger partial charge in [0.05, 0.1) is 12.5 Å². The molecule has 4 rings (SSSR count). The van der Waals surface area contributed by atoms with E-state index in [-0.39, 0.29) is 17.8 Å². The summed E-state index contributed by atoms with van der Waals surface area (Å²) in [6, 6.07) is 13.0. The van der Waals surface area contributed by atoms with Crippen molar-refractivity contribution in [2.24, 2.45) is 11.8 Å². The molecule has 3 N–H and O–H groups in total. The number of pyridine rings is 1. The standard InChI is InChI=1S/C26H33N5O5S/c1-16-11-20(16)17(2)28-22-12-19(13-23(29-22)31(4)37(5,34)35)24-27-15-21(36-24)26(3,30-25(32)33)14-18-9-7-6-8-10-18/h6-10,12-13,15-17,20,30H,11,14H2,1-5H3,(H,28,29)(H,32,33)/t16-,17-,20-,26+/m0/s1. The molecule has 0 aliphatic heterocycles. The minimum Gasteiger partial charge on any atom is -0.465 e. The highest BCUT2D eigenvalue weighted by Crippen LogP contribution is 2.41. The monoisotopic (exact) mass is 527 g/mol. The van der Waals surface area contributed by atoms with Gasteiger partial charge in [-0.1, -0.05) is 37.3 Å². The highest BCUT2D eigenvalue weighted by atomic mass is 32.2. The molecule has 1 aromatic carbocycles. The Morgan fingerprint density at radius 1 is 1.30 bits per heavy atom. The summed E-state index contributed by atoms with van der Waals surface area (Å²) in [4.78, 5) is 20.6. The lowest BCUT2D eigenvalue weighted by Crippen LogP contribution is -2.44. The largest absolute Gasteiger partial charge is 0.465 e. The Kier molecular flexibility index (Phi) is 7.18. The van der Waals surface area contributed by atoms with Gasteiger partial charge in [-0.05, 0) is 49.8 Å². The summed E-state index contributed by atoms with van der Waals surface area (Å²) in [5.74, 6) is 2.43. The van der Waals surface area contributed by atoms with Gasteiger partial charge in [0.1, 0.15) is 17.2 Å². The highest BCUT2D eigenvalue weighted by molar-refractivity contribution is 7.92. The van der Waals surface area contributed by atoms with Gasteiger partial charge in [0, 0.05) is 25.1 Å². The van der Waals surface area contributed by atoms with Crippen LogP contribution < -0.4 is 14.9 Å². The van der Waals surface area contributed by atoms with Crippen molar-refractivity contribution in [2.45, 2.75) is 45.2 Å². The average molecular weight is 528 g/mol. The second kappa shape index (κ2) is 10.0. The number of sulfonamides is 1. The Morgan fingerprint density at radius 2 is 1.97 bits per heavy atom. The third-order valence-corrected chi connectivity index (χ3v) is 8.08. The van der Waals surface area contributed by atoms with Crippen molar-refractivity contribution in [3.63, 3.8) is 0 Å². The van der Waals surface area contributed by atoms with Gasteiger partial charge in [0.2, 0.25) is 15.9 Å². The van der Waals surface area contributed by atoms with E-state index in [1.807, 2.05) is 30.3 Å². The van der Waals surface area contributed by atoms with Crippen molar-refractivity contribution in [3.05, 3.63) is 60.0 Å². The fourth-order valence-electron chi connectivity index (χ4n) is 4.53. The van der Waals surface area contributed by atoms with Gasteiger partial charge in [0.15, 0.2) is 5.76 Å². The summed E-state index contributed by atoms with van der Waals surface area (Å²) in [6.07, 6.45) is 2.89. The Hall–Kier alpha value is -3.60. The van der Waals surface area contributed by atoms with E-state index in [4.69, 9.17) is 4.42 Å². The number of oxazole rings is 1. The molecule has 0 bridgehead atoms. The van der Waals surface area contributed by atoms with Gasteiger partial charge < -0.3 is 20.2 Å². The van der Waals surface area contributed by atoms with Gasteiger partial charge in [-0.3, -0.25) is 4.31 Å². The summed E-state index contributed by atoms with van der Waals surface area (Å²) in [6.45, 7) is 6.01. The molecule has 4 atom stereocenters. The molecular formula is C26H33N5O5S. The molecule has 2 heterocycles. The molecule has 1 amide bonds. The summed E-state index contributed by atoms with van der Waals surface area (Å²) in [5, 5.41) is 15.5. The SMILES string of the molecule is C[C@H](Nc1cc(-c2ncc([C@@](C)(Cc3ccccc3)NC(=O)O)o2)cc(N(C)S(C)(=O)=O)n1)[C@H]1C[C@@H]1C. The first-order valence-electron chi connectivity index (χ1n) is 12.1. The molecule has 10 nitrogen and oxygen atoms in total. The Balaban J connectivity index is 1.71. The maximum atomic E-state index is 12.2. The first kappa shape index (κ1) is 26.5. The average Bonchev–Trinajstić information content (AvgIpc) is 3.34. The Bertz CT molecular complexity index is 1380. The van der Waals surface area contributed by atoms with Crippen LogP contribution >= 0.6 is 0 Å². The molecule has 0 unspecified atom stereocenters. The van der Waals surface area contributed by atoms with Crippen LogP contribution in [0, 0.1) is 11.8 Å². The van der Waals surface area contributed by atoms with Gasteiger partial charge in [-0.2, -0.15) is 0 Å². The summed E-state index contributed by atoms with van der Waals surface area (Å²) in [7, 11) is -2.13. The molecule has 37 heavy (non-hydrogen) atoms. The van der Waals surface area contributed by atoms with E-state index in [9.17, 15) is 18.3 Å². The van der Waals surface area contributed by atoms with E-state index in [0.717, 1.165) is 22.5 Å². The lowest BCUT2D eigenvalue weighted by molar-refractivity contribution is 0.174. The first-order chi connectivity index (χ1) is 17.4. The number of rotatable bonds is 10. The molecule has 1 saturated carbocycles. The van der Waals surface area contributed by atoms with Crippen LogP contribution in [0.1, 0.15) is 38.5 Å². The molecule has 198 valence electrons. The Labute approximate surface area is 217 Å². The summed E-state index contributed by atoms with van der Waals surface area (Å²) >= 11 is 0. The first-order valence-corrected chi connectivity index (χ1v) is 13.9. The molecule has 0 radical (unpaired) electrons. The Morgan fingerprint density at radius 3 is 2.57 bits per heavy atom. The van der Waals surface area contributed by atoms with Crippen LogP contribution in [0.2, 0.25) is 0 Å². The maximum absolute atomic E-state index is 12.2. The van der Waals surface area contributed by atoms with E-state index in [0.29, 0.717) is 35.4 Å². The van der Waals surface area contributed by atoms with Crippen LogP contribution in [0.4, 0.5) is 16.4 Å². The zero-order valence-corrected chi connectivity index (χ0v) is 22.4. The second-order valence-corrected chi connectivity index (χ2v) is 12.1. The van der Waals surface area contributed by atoms with Gasteiger partial charge in [-0.25, -0.2) is 23.2 Å². The number of amides is 1. The number of benzene rings is 1. The van der Waals surface area contributed by atoms with E-state index < -0.39 is 21.7 Å². The molecule has 11 heteroatoms. The predicted octanol–water partition coefficient (Wildman–Crippen LogP) is 4.31. The smallest absolute Gasteiger partial charge is 0.405 e. The number of carbonyl (C=O) groups is 1. The van der Waals surface area contributed by atoms with Crippen LogP contribution in [0.5, 0.6) is 0 Å². The fraction of sp³-hybridized carbons (Fsp3) is 0.423. The molecule has 1 aliphatic rings. The van der Waals surface area contributed by atoms with Crippen LogP contribution in [-0.2, 0) is 22.0 Å². The van der Waals surface area contributed by atoms with E-state index >= 15 is 0 Å². The van der Waals surface area contributed by atoms with Crippen LogP contribution in [-0.4, -0.2) is 48.9 Å². The minimum atomic E-state index is -3.56. The normalized spacial score (nSPS) is 19.5. The third kappa shape index (κ3) is 6.22. The van der Waals surface area contributed by atoms with E-state index in [1.165, 1.54) is 13.2 Å². The van der Waals surface area contributed by atoms with Crippen molar-refractivity contribution in [1.29, 1.82) is 0 Å². The van der Waals surface area contributed by atoms with Gasteiger partial charge >= 0.3 is 6.09 Å². The summed E-state index contributed by atoms with van der Waals surface area (Å²) in [5.41, 5.74) is 0.352. The number of hydrogen-bond acceptors (Lipinski definition) is 7. The molecule has 0 spiro atoms. The number of hydrogen-bond donors (Lipinski definition) is 3. The van der Waals surface area contributed by atoms with E-state index in [1.54, 1.807) is 19.1 Å². The number of aromatic nitrogens is 2. The summed E-state index contributed by atoms with van der Waals surface area (Å²) < 4.78 is 31.7. The maximum Gasteiger partial charge on any atom is 0.405 e. The zero-order valence-electron chi connectivity index (χ0n) is 21.6. The topological polar surface area (TPSA) is 138 Å². The van der Waals surface area contributed by atoms with Crippen LogP contribution in [0.15, 0.2) is 53.1 Å². The number of nitrogens with zero attached hydrogens (tertiary/aromatic N) is 3. The third-order valence-electron chi connectivity index (χ3n) is 6.90. The predicted molar refractivity (Wildman–Crippen MR) is 142 cm³/mol. The van der Waals surface area contributed by atoms with Crippen molar-refractivity contribution in [1.82, 2.24) is 15.3 Å². The lowest BCUT2D eigenvalue weighted by atomic mass is 9.91. The second-order valence-electron chi connectivity index (χ2n) is 10.1. The minimum absolute atomic E-state index is 0.156. The zero-order chi connectivity index (χ0) is 27.0. The van der Waals surface area contributed by atoms with Crippen LogP contribution in [0.3, 0.4) is 0 Å². The molecule has 1 aliphatic carbocycles. The number of carboxylic acid groups (broad SMARTS) is 1. The number of nitrogens with one attached hydrogen (secondary N) is 2. The molecule has 1 fully saturated rings. The quantitative estimate of drug-likeness (QED) is 0.355. The molecule has 3 aromatic rings. The lowest BCUT2D eigenvalue weighted by Gasteiger charge is -2.27. The van der Waals surface area contributed by atoms with Crippen molar-refractivity contribution < 1.29 is 22.7 Å². The molecular weight excluding hydrogens is 494 g/mol. The highest BCUT2D eigenvalue weighted by Gasteiger charge is 2.37. The molecule has 0 saturated heterocycles.